The molecule has 23 heavy (non-hydrogen) atoms. The highest BCUT2D eigenvalue weighted by atomic mass is 16.2. The van der Waals surface area contributed by atoms with Crippen LogP contribution in [0.3, 0.4) is 0 Å². The van der Waals surface area contributed by atoms with Crippen LogP contribution in [0.1, 0.15) is 24.0 Å². The van der Waals surface area contributed by atoms with Crippen LogP contribution in [0.5, 0.6) is 0 Å². The number of benzene rings is 1. The van der Waals surface area contributed by atoms with Crippen LogP contribution < -0.4 is 5.32 Å². The molecule has 0 spiro atoms. The van der Waals surface area contributed by atoms with E-state index in [1.807, 2.05) is 0 Å². The number of aryl methyl sites for hydroxylation is 1. The molecule has 2 amide bonds. The fraction of sp³-hybridized carbons (Fsp3) is 0.474. The standard InChI is InChI=1S/C19H24N2O2/c1-2-18(22)21-12-17(13-21)19(23)20-10-9-14-7-8-15-5-3-4-6-16(15)11-14/h2-6,14,17H,1,7-13H2,(H,20,23). The minimum Gasteiger partial charge on any atom is -0.356 e. The number of hydrogen-bond acceptors (Lipinski definition) is 2. The number of nitrogens with zero attached hydrogens (tertiary/aromatic N) is 1. The van der Waals surface area contributed by atoms with Crippen molar-refractivity contribution in [3.05, 3.63) is 48.0 Å². The van der Waals surface area contributed by atoms with Gasteiger partial charge in [-0.3, -0.25) is 9.59 Å². The lowest BCUT2D eigenvalue weighted by Gasteiger charge is -2.37. The molecule has 1 aliphatic carbocycles. The molecule has 0 aromatic heterocycles. The van der Waals surface area contributed by atoms with E-state index in [9.17, 15) is 9.59 Å². The van der Waals surface area contributed by atoms with Crippen molar-refractivity contribution in [2.75, 3.05) is 19.6 Å². The van der Waals surface area contributed by atoms with Crippen LogP contribution in [0.4, 0.5) is 0 Å². The Kier molecular flexibility index (Phi) is 4.79. The highest BCUT2D eigenvalue weighted by Gasteiger charge is 2.34. The van der Waals surface area contributed by atoms with Gasteiger partial charge in [0.2, 0.25) is 11.8 Å². The van der Waals surface area contributed by atoms with E-state index < -0.39 is 0 Å². The minimum atomic E-state index is -0.0880. The number of likely N-dealkylation sites (tertiary alicyclic amines) is 1. The van der Waals surface area contributed by atoms with Crippen molar-refractivity contribution in [1.82, 2.24) is 10.2 Å². The summed E-state index contributed by atoms with van der Waals surface area (Å²) in [6, 6.07) is 8.66. The van der Waals surface area contributed by atoms with Gasteiger partial charge in [0, 0.05) is 19.6 Å². The molecule has 1 saturated heterocycles. The van der Waals surface area contributed by atoms with Crippen molar-refractivity contribution >= 4 is 11.8 Å². The van der Waals surface area contributed by atoms with E-state index in [1.165, 1.54) is 23.6 Å². The fourth-order valence-corrected chi connectivity index (χ4v) is 3.52. The van der Waals surface area contributed by atoms with E-state index in [0.717, 1.165) is 25.8 Å². The second-order valence-corrected chi connectivity index (χ2v) is 6.60. The first-order valence-corrected chi connectivity index (χ1v) is 8.43. The van der Waals surface area contributed by atoms with Crippen LogP contribution in [-0.2, 0) is 22.4 Å². The molecule has 122 valence electrons. The van der Waals surface area contributed by atoms with E-state index in [1.54, 1.807) is 4.90 Å². The molecule has 1 unspecified atom stereocenters. The molecule has 1 N–H and O–H groups in total. The monoisotopic (exact) mass is 312 g/mol. The maximum Gasteiger partial charge on any atom is 0.246 e. The fourth-order valence-electron chi connectivity index (χ4n) is 3.52. The zero-order chi connectivity index (χ0) is 16.2. The van der Waals surface area contributed by atoms with Gasteiger partial charge in [0.25, 0.3) is 0 Å². The summed E-state index contributed by atoms with van der Waals surface area (Å²) in [5.74, 6) is 0.598. The summed E-state index contributed by atoms with van der Waals surface area (Å²) in [6.07, 6.45) is 5.81. The Balaban J connectivity index is 1.37. The summed E-state index contributed by atoms with van der Waals surface area (Å²) < 4.78 is 0. The number of carbonyl (C=O) groups excluding carboxylic acids is 2. The highest BCUT2D eigenvalue weighted by molar-refractivity contribution is 5.90. The zero-order valence-corrected chi connectivity index (χ0v) is 13.5. The molecule has 0 saturated carbocycles. The number of rotatable bonds is 5. The molecule has 1 atom stereocenters. The molecule has 3 rings (SSSR count). The molecule has 1 fully saturated rings. The van der Waals surface area contributed by atoms with Crippen molar-refractivity contribution in [3.8, 4) is 0 Å². The second-order valence-electron chi connectivity index (χ2n) is 6.60. The molecule has 4 nitrogen and oxygen atoms in total. The van der Waals surface area contributed by atoms with E-state index in [2.05, 4.69) is 36.2 Å². The molecule has 1 aromatic rings. The Labute approximate surface area is 137 Å². The van der Waals surface area contributed by atoms with Gasteiger partial charge in [-0.1, -0.05) is 30.8 Å². The van der Waals surface area contributed by atoms with Gasteiger partial charge >= 0.3 is 0 Å². The van der Waals surface area contributed by atoms with Gasteiger partial charge in [-0.15, -0.1) is 0 Å². The van der Waals surface area contributed by atoms with Crippen LogP contribution in [-0.4, -0.2) is 36.3 Å². The summed E-state index contributed by atoms with van der Waals surface area (Å²) in [7, 11) is 0. The predicted octanol–water partition coefficient (Wildman–Crippen LogP) is 1.94. The molecule has 2 aliphatic rings. The van der Waals surface area contributed by atoms with Crippen molar-refractivity contribution in [2.24, 2.45) is 11.8 Å². The maximum atomic E-state index is 12.0. The van der Waals surface area contributed by atoms with Gasteiger partial charge in [0.1, 0.15) is 0 Å². The molecule has 0 bridgehead atoms. The topological polar surface area (TPSA) is 49.4 Å². The van der Waals surface area contributed by atoms with Crippen molar-refractivity contribution < 1.29 is 9.59 Å². The number of nitrogens with one attached hydrogen (secondary N) is 1. The Morgan fingerprint density at radius 2 is 2.00 bits per heavy atom. The second kappa shape index (κ2) is 6.99. The first-order valence-electron chi connectivity index (χ1n) is 8.43. The number of carbonyl (C=O) groups is 2. The summed E-state index contributed by atoms with van der Waals surface area (Å²) in [5.41, 5.74) is 2.95. The Hall–Kier alpha value is -2.10. The largest absolute Gasteiger partial charge is 0.356 e. The van der Waals surface area contributed by atoms with Crippen molar-refractivity contribution in [1.29, 1.82) is 0 Å². The average Bonchev–Trinajstić information content (AvgIpc) is 2.53. The molecular formula is C19H24N2O2. The molecule has 0 radical (unpaired) electrons. The maximum absolute atomic E-state index is 12.0. The van der Waals surface area contributed by atoms with Gasteiger partial charge in [-0.25, -0.2) is 0 Å². The third-order valence-electron chi connectivity index (χ3n) is 5.04. The average molecular weight is 312 g/mol. The molecule has 1 heterocycles. The lowest BCUT2D eigenvalue weighted by molar-refractivity contribution is -0.139. The Bertz CT molecular complexity index is 605. The first kappa shape index (κ1) is 15.8. The van der Waals surface area contributed by atoms with Crippen LogP contribution in [0.2, 0.25) is 0 Å². The summed E-state index contributed by atoms with van der Waals surface area (Å²) in [4.78, 5) is 25.1. The summed E-state index contributed by atoms with van der Waals surface area (Å²) >= 11 is 0. The smallest absolute Gasteiger partial charge is 0.246 e. The van der Waals surface area contributed by atoms with Gasteiger partial charge in [-0.2, -0.15) is 0 Å². The van der Waals surface area contributed by atoms with Gasteiger partial charge in [0.15, 0.2) is 0 Å². The first-order chi connectivity index (χ1) is 11.2. The van der Waals surface area contributed by atoms with Crippen LogP contribution in [0.15, 0.2) is 36.9 Å². The SMILES string of the molecule is C=CC(=O)N1CC(C(=O)NCCC2CCc3ccccc3C2)C1. The molecule has 1 aromatic carbocycles. The molecular weight excluding hydrogens is 288 g/mol. The normalized spacial score (nSPS) is 20.3. The Morgan fingerprint density at radius 1 is 1.26 bits per heavy atom. The van der Waals surface area contributed by atoms with E-state index in [-0.39, 0.29) is 17.7 Å². The lowest BCUT2D eigenvalue weighted by atomic mass is 9.82. The van der Waals surface area contributed by atoms with Gasteiger partial charge < -0.3 is 10.2 Å². The van der Waals surface area contributed by atoms with Crippen molar-refractivity contribution in [2.45, 2.75) is 25.7 Å². The molecule has 1 aliphatic heterocycles. The highest BCUT2D eigenvalue weighted by Crippen LogP contribution is 2.27. The van der Waals surface area contributed by atoms with E-state index in [0.29, 0.717) is 19.0 Å². The van der Waals surface area contributed by atoms with Gasteiger partial charge in [-0.05, 0) is 48.8 Å². The third kappa shape index (κ3) is 3.63. The lowest BCUT2D eigenvalue weighted by Crippen LogP contribution is -2.55. The minimum absolute atomic E-state index is 0.0500. The Morgan fingerprint density at radius 3 is 2.74 bits per heavy atom. The summed E-state index contributed by atoms with van der Waals surface area (Å²) in [5, 5.41) is 3.03. The predicted molar refractivity (Wildman–Crippen MR) is 89.9 cm³/mol. The number of amides is 2. The zero-order valence-electron chi connectivity index (χ0n) is 13.5. The molecule has 4 heteroatoms. The van der Waals surface area contributed by atoms with E-state index in [4.69, 9.17) is 0 Å². The summed E-state index contributed by atoms with van der Waals surface area (Å²) in [6.45, 7) is 5.24. The number of hydrogen-bond donors (Lipinski definition) is 1. The number of fused-ring (bicyclic) bond motifs is 1. The third-order valence-corrected chi connectivity index (χ3v) is 5.04. The quantitative estimate of drug-likeness (QED) is 0.845. The van der Waals surface area contributed by atoms with Crippen molar-refractivity contribution in [3.63, 3.8) is 0 Å². The van der Waals surface area contributed by atoms with E-state index >= 15 is 0 Å². The van der Waals surface area contributed by atoms with Crippen LogP contribution in [0.25, 0.3) is 0 Å². The van der Waals surface area contributed by atoms with Gasteiger partial charge in [0.05, 0.1) is 5.92 Å². The van der Waals surface area contributed by atoms with Crippen LogP contribution in [0, 0.1) is 11.8 Å². The van der Waals surface area contributed by atoms with Crippen LogP contribution >= 0.6 is 0 Å².